The number of benzene rings is 1. The predicted molar refractivity (Wildman–Crippen MR) is 90.7 cm³/mol. The summed E-state index contributed by atoms with van der Waals surface area (Å²) in [5.41, 5.74) is 0.117. The van der Waals surface area contributed by atoms with Crippen molar-refractivity contribution in [2.24, 2.45) is 0 Å². The molecule has 1 aliphatic heterocycles. The van der Waals surface area contributed by atoms with Gasteiger partial charge in [0.25, 0.3) is 5.56 Å². The van der Waals surface area contributed by atoms with Gasteiger partial charge in [0.05, 0.1) is 16.9 Å². The molecule has 9 heteroatoms. The first-order valence-corrected chi connectivity index (χ1v) is 10.1. The Labute approximate surface area is 144 Å². The van der Waals surface area contributed by atoms with Gasteiger partial charge in [-0.3, -0.25) is 9.59 Å². The van der Waals surface area contributed by atoms with Gasteiger partial charge in [-0.2, -0.15) is 0 Å². The molecule has 1 aliphatic carbocycles. The van der Waals surface area contributed by atoms with Crippen LogP contribution in [0.5, 0.6) is 0 Å². The van der Waals surface area contributed by atoms with Gasteiger partial charge in [-0.15, -0.1) is 5.10 Å². The number of carbonyl (C=O) groups is 1. The first-order valence-electron chi connectivity index (χ1n) is 8.29. The van der Waals surface area contributed by atoms with E-state index in [4.69, 9.17) is 0 Å². The molecule has 8 nitrogen and oxygen atoms in total. The Kier molecular flexibility index (Phi) is 3.82. The summed E-state index contributed by atoms with van der Waals surface area (Å²) in [5, 5.41) is 8.24. The molecule has 1 aromatic heterocycles. The molecule has 1 unspecified atom stereocenters. The first kappa shape index (κ1) is 16.2. The molecule has 1 saturated carbocycles. The summed E-state index contributed by atoms with van der Waals surface area (Å²) < 4.78 is 24.6. The predicted octanol–water partition coefficient (Wildman–Crippen LogP) is -0.0304. The van der Waals surface area contributed by atoms with Gasteiger partial charge in [0.1, 0.15) is 12.1 Å². The highest BCUT2D eigenvalue weighted by Crippen LogP contribution is 2.32. The summed E-state index contributed by atoms with van der Waals surface area (Å²) >= 11 is 0. The van der Waals surface area contributed by atoms with Crippen LogP contribution >= 0.6 is 0 Å². The molecule has 0 bridgehead atoms. The van der Waals surface area contributed by atoms with Crippen molar-refractivity contribution in [3.05, 3.63) is 34.6 Å². The second kappa shape index (κ2) is 5.91. The zero-order valence-electron chi connectivity index (χ0n) is 13.5. The normalized spacial score (nSPS) is 22.2. The number of aromatic nitrogens is 3. The number of nitrogens with zero attached hydrogens (tertiary/aromatic N) is 4. The topological polar surface area (TPSA) is 102 Å². The van der Waals surface area contributed by atoms with Crippen LogP contribution in [0.1, 0.15) is 19.3 Å². The lowest BCUT2D eigenvalue weighted by molar-refractivity contribution is -0.134. The number of hydrogen-bond acceptors (Lipinski definition) is 6. The fourth-order valence-corrected chi connectivity index (χ4v) is 5.10. The third-order valence-electron chi connectivity index (χ3n) is 4.74. The van der Waals surface area contributed by atoms with Crippen LogP contribution in [0.15, 0.2) is 29.1 Å². The SMILES string of the molecule is O=C(Cn1nnc2ccccc2c1=O)N(C1CC1)C1CCS(=O)(=O)C1. The molecule has 4 rings (SSSR count). The lowest BCUT2D eigenvalue weighted by Gasteiger charge is -2.28. The van der Waals surface area contributed by atoms with Gasteiger partial charge < -0.3 is 4.90 Å². The Balaban J connectivity index is 1.60. The minimum absolute atomic E-state index is 0.00748. The molecule has 2 fully saturated rings. The molecule has 25 heavy (non-hydrogen) atoms. The second-order valence-corrected chi connectivity index (χ2v) is 8.89. The minimum atomic E-state index is -3.08. The van der Waals surface area contributed by atoms with Crippen molar-refractivity contribution >= 4 is 26.6 Å². The Morgan fingerprint density at radius 3 is 2.64 bits per heavy atom. The van der Waals surface area contributed by atoms with Gasteiger partial charge in [-0.1, -0.05) is 17.3 Å². The van der Waals surface area contributed by atoms with Crippen molar-refractivity contribution in [1.29, 1.82) is 0 Å². The van der Waals surface area contributed by atoms with Crippen molar-refractivity contribution in [3.63, 3.8) is 0 Å². The highest BCUT2D eigenvalue weighted by molar-refractivity contribution is 7.91. The monoisotopic (exact) mass is 362 g/mol. The summed E-state index contributed by atoms with van der Waals surface area (Å²) in [4.78, 5) is 26.9. The average Bonchev–Trinajstić information content (AvgIpc) is 3.34. The summed E-state index contributed by atoms with van der Waals surface area (Å²) in [6.07, 6.45) is 2.21. The molecule has 2 heterocycles. The van der Waals surface area contributed by atoms with Gasteiger partial charge >= 0.3 is 0 Å². The maximum absolute atomic E-state index is 12.8. The van der Waals surface area contributed by atoms with E-state index in [1.807, 2.05) is 0 Å². The molecule has 1 atom stereocenters. The largest absolute Gasteiger partial charge is 0.334 e. The zero-order chi connectivity index (χ0) is 17.6. The van der Waals surface area contributed by atoms with Crippen molar-refractivity contribution in [2.75, 3.05) is 11.5 Å². The van der Waals surface area contributed by atoms with E-state index in [0.717, 1.165) is 17.5 Å². The average molecular weight is 362 g/mol. The summed E-state index contributed by atoms with van der Waals surface area (Å²) in [6.45, 7) is -0.219. The molecular weight excluding hydrogens is 344 g/mol. The van der Waals surface area contributed by atoms with E-state index in [2.05, 4.69) is 10.3 Å². The van der Waals surface area contributed by atoms with E-state index in [-0.39, 0.29) is 41.6 Å². The van der Waals surface area contributed by atoms with Crippen molar-refractivity contribution in [2.45, 2.75) is 37.9 Å². The molecule has 1 saturated heterocycles. The number of carbonyl (C=O) groups excluding carboxylic acids is 1. The molecule has 132 valence electrons. The Morgan fingerprint density at radius 1 is 1.20 bits per heavy atom. The van der Waals surface area contributed by atoms with Gasteiger partial charge in [-0.05, 0) is 31.4 Å². The zero-order valence-corrected chi connectivity index (χ0v) is 14.4. The van der Waals surface area contributed by atoms with Crippen LogP contribution in [-0.4, -0.2) is 57.8 Å². The first-order chi connectivity index (χ1) is 11.9. The molecule has 2 aliphatic rings. The van der Waals surface area contributed by atoms with Crippen LogP contribution in [0, 0.1) is 0 Å². The highest BCUT2D eigenvalue weighted by Gasteiger charge is 2.42. The summed E-state index contributed by atoms with van der Waals surface area (Å²) in [5.74, 6) is -0.145. The Hall–Kier alpha value is -2.29. The maximum Gasteiger partial charge on any atom is 0.278 e. The van der Waals surface area contributed by atoms with Gasteiger partial charge in [0.2, 0.25) is 5.91 Å². The maximum atomic E-state index is 12.8. The lowest BCUT2D eigenvalue weighted by Crippen LogP contribution is -2.45. The number of rotatable bonds is 4. The Bertz CT molecular complexity index is 997. The van der Waals surface area contributed by atoms with Crippen molar-refractivity contribution in [1.82, 2.24) is 19.9 Å². The van der Waals surface area contributed by atoms with Crippen LogP contribution in [0.3, 0.4) is 0 Å². The van der Waals surface area contributed by atoms with E-state index in [0.29, 0.717) is 17.3 Å². The standard InChI is InChI=1S/C16H18N4O4S/c21-15(20(11-5-6-11)12-7-8-25(23,24)10-12)9-19-16(22)13-3-1-2-4-14(13)17-18-19/h1-4,11-12H,5-10H2. The van der Waals surface area contributed by atoms with E-state index in [9.17, 15) is 18.0 Å². The number of fused-ring (bicyclic) bond motifs is 1. The lowest BCUT2D eigenvalue weighted by atomic mass is 10.2. The van der Waals surface area contributed by atoms with Crippen LogP contribution in [0.2, 0.25) is 0 Å². The quantitative estimate of drug-likeness (QED) is 0.757. The van der Waals surface area contributed by atoms with Crippen molar-refractivity contribution in [3.8, 4) is 0 Å². The number of sulfone groups is 1. The van der Waals surface area contributed by atoms with Crippen LogP contribution in [-0.2, 0) is 21.2 Å². The minimum Gasteiger partial charge on any atom is -0.334 e. The molecule has 2 aromatic rings. The summed E-state index contributed by atoms with van der Waals surface area (Å²) in [7, 11) is -3.08. The van der Waals surface area contributed by atoms with E-state index < -0.39 is 9.84 Å². The number of hydrogen-bond donors (Lipinski definition) is 0. The van der Waals surface area contributed by atoms with Gasteiger partial charge in [0, 0.05) is 12.1 Å². The highest BCUT2D eigenvalue weighted by atomic mass is 32.2. The molecule has 0 spiro atoms. The smallest absolute Gasteiger partial charge is 0.278 e. The number of amides is 1. The fourth-order valence-electron chi connectivity index (χ4n) is 3.39. The van der Waals surface area contributed by atoms with Crippen LogP contribution in [0.25, 0.3) is 10.9 Å². The van der Waals surface area contributed by atoms with Crippen LogP contribution in [0.4, 0.5) is 0 Å². The van der Waals surface area contributed by atoms with Gasteiger partial charge in [-0.25, -0.2) is 13.1 Å². The van der Waals surface area contributed by atoms with E-state index in [1.54, 1.807) is 29.2 Å². The molecule has 1 amide bonds. The Morgan fingerprint density at radius 2 is 1.96 bits per heavy atom. The molecule has 1 aromatic carbocycles. The van der Waals surface area contributed by atoms with E-state index >= 15 is 0 Å². The third-order valence-corrected chi connectivity index (χ3v) is 6.49. The second-order valence-electron chi connectivity index (χ2n) is 6.66. The molecule has 0 radical (unpaired) electrons. The molecule has 0 N–H and O–H groups in total. The van der Waals surface area contributed by atoms with Crippen LogP contribution < -0.4 is 5.56 Å². The summed E-state index contributed by atoms with van der Waals surface area (Å²) in [6, 6.07) is 6.62. The van der Waals surface area contributed by atoms with E-state index in [1.165, 1.54) is 0 Å². The van der Waals surface area contributed by atoms with Crippen molar-refractivity contribution < 1.29 is 13.2 Å². The third kappa shape index (κ3) is 3.15. The molecular formula is C16H18N4O4S. The fraction of sp³-hybridized carbons (Fsp3) is 0.500. The van der Waals surface area contributed by atoms with Gasteiger partial charge in [0.15, 0.2) is 9.84 Å².